The first-order valence-electron chi connectivity index (χ1n) is 6.71. The van der Waals surface area contributed by atoms with Gasteiger partial charge in [0.1, 0.15) is 0 Å². The monoisotopic (exact) mass is 368 g/mol. The molecule has 24 heavy (non-hydrogen) atoms. The number of hydrogen-bond donors (Lipinski definition) is 2. The van der Waals surface area contributed by atoms with Gasteiger partial charge in [0.2, 0.25) is 5.91 Å². The molecule has 2 aromatic rings. The normalized spacial score (nSPS) is 11.0. The van der Waals surface area contributed by atoms with Crippen LogP contribution in [0.1, 0.15) is 5.56 Å². The Morgan fingerprint density at radius 2 is 1.79 bits per heavy atom. The van der Waals surface area contributed by atoms with Crippen molar-refractivity contribution in [1.82, 2.24) is 9.13 Å². The number of benzene rings is 1. The molecule has 0 radical (unpaired) electrons. The van der Waals surface area contributed by atoms with Gasteiger partial charge in [-0.1, -0.05) is 23.2 Å². The van der Waals surface area contributed by atoms with E-state index in [1.165, 1.54) is 49.1 Å². The molecule has 1 amide bonds. The molecule has 1 aromatic heterocycles. The van der Waals surface area contributed by atoms with Crippen LogP contribution in [-0.4, -0.2) is 15.0 Å². The second-order valence-corrected chi connectivity index (χ2v) is 5.83. The van der Waals surface area contributed by atoms with Crippen molar-refractivity contribution in [2.75, 3.05) is 11.1 Å². The van der Waals surface area contributed by atoms with E-state index in [2.05, 4.69) is 5.32 Å². The van der Waals surface area contributed by atoms with Gasteiger partial charge in [0, 0.05) is 32.1 Å². The van der Waals surface area contributed by atoms with Crippen LogP contribution >= 0.6 is 23.2 Å². The van der Waals surface area contributed by atoms with Gasteiger partial charge in [0.05, 0.1) is 21.3 Å². The summed E-state index contributed by atoms with van der Waals surface area (Å²) in [4.78, 5) is 35.5. The summed E-state index contributed by atoms with van der Waals surface area (Å²) < 4.78 is 2.20. The number of carbonyl (C=O) groups is 1. The summed E-state index contributed by atoms with van der Waals surface area (Å²) in [6.07, 6.45) is 3.84. The molecule has 0 unspecified atom stereocenters. The molecule has 0 fully saturated rings. The quantitative estimate of drug-likeness (QED) is 0.635. The van der Waals surface area contributed by atoms with Gasteiger partial charge in [-0.25, -0.2) is 4.79 Å². The number of hydrogen-bond acceptors (Lipinski definition) is 4. The van der Waals surface area contributed by atoms with E-state index in [1.807, 2.05) is 0 Å². The third kappa shape index (κ3) is 3.69. The van der Waals surface area contributed by atoms with Crippen molar-refractivity contribution >= 4 is 46.6 Å². The van der Waals surface area contributed by atoms with Crippen LogP contribution in [-0.2, 0) is 18.9 Å². The van der Waals surface area contributed by atoms with E-state index in [4.69, 9.17) is 28.9 Å². The molecule has 9 heteroatoms. The molecule has 0 saturated heterocycles. The van der Waals surface area contributed by atoms with Gasteiger partial charge < -0.3 is 15.6 Å². The number of anilines is 2. The third-order valence-corrected chi connectivity index (χ3v) is 3.86. The largest absolute Gasteiger partial charge is 0.396 e. The number of amides is 1. The van der Waals surface area contributed by atoms with Crippen LogP contribution in [0.2, 0.25) is 10.0 Å². The Bertz CT molecular complexity index is 937. The van der Waals surface area contributed by atoms with Crippen LogP contribution in [0.4, 0.5) is 11.4 Å². The van der Waals surface area contributed by atoms with Gasteiger partial charge in [0.25, 0.3) is 5.56 Å². The molecular formula is C15H14Cl2N4O3. The highest BCUT2D eigenvalue weighted by molar-refractivity contribution is 6.39. The average molecular weight is 369 g/mol. The maximum atomic E-state index is 12.0. The molecule has 2 rings (SSSR count). The number of nitrogen functional groups attached to an aromatic ring is 1. The van der Waals surface area contributed by atoms with Crippen molar-refractivity contribution in [2.45, 2.75) is 0 Å². The number of nitrogens with two attached hydrogens (primary N) is 1. The maximum absolute atomic E-state index is 12.0. The van der Waals surface area contributed by atoms with Crippen LogP contribution < -0.4 is 22.3 Å². The van der Waals surface area contributed by atoms with E-state index in [0.717, 1.165) is 4.57 Å². The SMILES string of the molecule is Cn1cc(/C=C/C(=O)Nc2cc(Cl)c(N)c(Cl)c2)c(=O)n(C)c1=O. The highest BCUT2D eigenvalue weighted by Gasteiger charge is 2.07. The fourth-order valence-corrected chi connectivity index (χ4v) is 2.44. The Balaban J connectivity index is 2.23. The molecule has 0 bridgehead atoms. The fraction of sp³-hybridized carbons (Fsp3) is 0.133. The van der Waals surface area contributed by atoms with Gasteiger partial charge in [-0.3, -0.25) is 14.2 Å². The average Bonchev–Trinajstić information content (AvgIpc) is 2.52. The molecule has 0 aliphatic heterocycles. The van der Waals surface area contributed by atoms with Crippen LogP contribution in [0.3, 0.4) is 0 Å². The van der Waals surface area contributed by atoms with Gasteiger partial charge in [-0.05, 0) is 18.2 Å². The molecule has 7 nitrogen and oxygen atoms in total. The molecule has 0 aliphatic carbocycles. The number of rotatable bonds is 3. The number of halogens is 2. The molecule has 0 atom stereocenters. The Labute approximate surface area is 146 Å². The Kier molecular flexibility index (Phi) is 5.16. The second-order valence-electron chi connectivity index (χ2n) is 5.02. The molecule has 1 aromatic carbocycles. The lowest BCUT2D eigenvalue weighted by atomic mass is 10.2. The molecule has 0 aliphatic rings. The third-order valence-electron chi connectivity index (χ3n) is 3.23. The van der Waals surface area contributed by atoms with E-state index in [9.17, 15) is 14.4 Å². The minimum Gasteiger partial charge on any atom is -0.396 e. The zero-order chi connectivity index (χ0) is 18.0. The molecule has 1 heterocycles. The van der Waals surface area contributed by atoms with E-state index < -0.39 is 17.2 Å². The topological polar surface area (TPSA) is 99.1 Å². The van der Waals surface area contributed by atoms with E-state index in [1.54, 1.807) is 0 Å². The van der Waals surface area contributed by atoms with Crippen LogP contribution in [0.25, 0.3) is 6.08 Å². The first-order chi connectivity index (χ1) is 11.2. The minimum absolute atomic E-state index is 0.197. The number of nitrogens with one attached hydrogen (secondary N) is 1. The summed E-state index contributed by atoms with van der Waals surface area (Å²) in [5.41, 5.74) is 5.45. The van der Waals surface area contributed by atoms with Crippen molar-refractivity contribution in [1.29, 1.82) is 0 Å². The van der Waals surface area contributed by atoms with Gasteiger partial charge in [-0.2, -0.15) is 0 Å². The van der Waals surface area contributed by atoms with Gasteiger partial charge >= 0.3 is 5.69 Å². The van der Waals surface area contributed by atoms with Crippen molar-refractivity contribution in [3.8, 4) is 0 Å². The lowest BCUT2D eigenvalue weighted by Crippen LogP contribution is -2.37. The predicted octanol–water partition coefficient (Wildman–Crippen LogP) is 1.62. The summed E-state index contributed by atoms with van der Waals surface area (Å²) in [7, 11) is 2.87. The van der Waals surface area contributed by atoms with Gasteiger partial charge in [-0.15, -0.1) is 0 Å². The Morgan fingerprint density at radius 3 is 2.38 bits per heavy atom. The van der Waals surface area contributed by atoms with Crippen LogP contribution in [0.15, 0.2) is 34.0 Å². The number of carbonyl (C=O) groups excluding carboxylic acids is 1. The highest BCUT2D eigenvalue weighted by atomic mass is 35.5. The van der Waals surface area contributed by atoms with E-state index >= 15 is 0 Å². The summed E-state index contributed by atoms with van der Waals surface area (Å²) in [6, 6.07) is 2.92. The zero-order valence-electron chi connectivity index (χ0n) is 12.8. The lowest BCUT2D eigenvalue weighted by molar-refractivity contribution is -0.111. The molecule has 0 spiro atoms. The first-order valence-corrected chi connectivity index (χ1v) is 7.46. The molecule has 3 N–H and O–H groups in total. The second kappa shape index (κ2) is 6.94. The summed E-state index contributed by atoms with van der Waals surface area (Å²) in [5, 5.41) is 2.99. The van der Waals surface area contributed by atoms with E-state index in [0.29, 0.717) is 5.69 Å². The van der Waals surface area contributed by atoms with Crippen LogP contribution in [0.5, 0.6) is 0 Å². The van der Waals surface area contributed by atoms with Crippen molar-refractivity contribution in [3.05, 3.63) is 60.9 Å². The lowest BCUT2D eigenvalue weighted by Gasteiger charge is -2.07. The standard InChI is InChI=1S/C15H14Cl2N4O3/c1-20-7-8(14(23)21(2)15(20)24)3-4-12(22)19-9-5-10(16)13(18)11(17)6-9/h3-7H,18H2,1-2H3,(H,19,22)/b4-3+. The Hall–Kier alpha value is -2.51. The van der Waals surface area contributed by atoms with Gasteiger partial charge in [0.15, 0.2) is 0 Å². The van der Waals surface area contributed by atoms with Crippen molar-refractivity contribution < 1.29 is 4.79 Å². The summed E-state index contributed by atoms with van der Waals surface area (Å²) >= 11 is 11.8. The fourth-order valence-electron chi connectivity index (χ4n) is 1.96. The number of nitrogens with zero attached hydrogens (tertiary/aromatic N) is 2. The van der Waals surface area contributed by atoms with Crippen molar-refractivity contribution in [2.24, 2.45) is 14.1 Å². The highest BCUT2D eigenvalue weighted by Crippen LogP contribution is 2.31. The summed E-state index contributed by atoms with van der Waals surface area (Å²) in [5.74, 6) is -0.497. The smallest absolute Gasteiger partial charge is 0.330 e. The maximum Gasteiger partial charge on any atom is 0.330 e. The zero-order valence-corrected chi connectivity index (χ0v) is 14.4. The van der Waals surface area contributed by atoms with Crippen molar-refractivity contribution in [3.63, 3.8) is 0 Å². The molecule has 126 valence electrons. The minimum atomic E-state index is -0.499. The predicted molar refractivity (Wildman–Crippen MR) is 95.5 cm³/mol. The molecular weight excluding hydrogens is 355 g/mol. The number of aromatic nitrogens is 2. The summed E-state index contributed by atoms with van der Waals surface area (Å²) in [6.45, 7) is 0. The number of aryl methyl sites for hydroxylation is 1. The molecule has 0 saturated carbocycles. The first kappa shape index (κ1) is 17.8. The van der Waals surface area contributed by atoms with Crippen LogP contribution in [0, 0.1) is 0 Å². The Morgan fingerprint density at radius 1 is 1.21 bits per heavy atom. The van der Waals surface area contributed by atoms with E-state index in [-0.39, 0.29) is 21.3 Å².